The van der Waals surface area contributed by atoms with Crippen molar-refractivity contribution < 1.29 is 8.42 Å². The van der Waals surface area contributed by atoms with Gasteiger partial charge in [-0.2, -0.15) is 0 Å². The number of hydrogen-bond acceptors (Lipinski definition) is 4. The van der Waals surface area contributed by atoms with E-state index in [9.17, 15) is 8.42 Å². The summed E-state index contributed by atoms with van der Waals surface area (Å²) in [7, 11) is -1.50. The molecule has 0 fully saturated rings. The van der Waals surface area contributed by atoms with E-state index in [0.29, 0.717) is 29.7 Å². The second-order valence-electron chi connectivity index (χ2n) is 6.25. The van der Waals surface area contributed by atoms with Crippen LogP contribution < -0.4 is 10.6 Å². The normalized spacial score (nSPS) is 12.9. The Kier molecular flexibility index (Phi) is 10.9. The van der Waals surface area contributed by atoms with Crippen molar-refractivity contribution in [3.63, 3.8) is 0 Å². The zero-order valence-electron chi connectivity index (χ0n) is 15.7. The molecule has 8 heteroatoms. The summed E-state index contributed by atoms with van der Waals surface area (Å²) in [6.07, 6.45) is 1.57. The maximum Gasteiger partial charge on any atom is 0.190 e. The fourth-order valence-electron chi connectivity index (χ4n) is 2.55. The molecule has 0 aliphatic rings. The van der Waals surface area contributed by atoms with Crippen LogP contribution in [0.3, 0.4) is 0 Å². The summed E-state index contributed by atoms with van der Waals surface area (Å²) in [6.45, 7) is 3.58. The molecule has 150 valence electrons. The zero-order valence-corrected chi connectivity index (χ0v) is 19.7. The lowest BCUT2D eigenvalue weighted by atomic mass is 10.1. The largest absolute Gasteiger partial charge is 0.356 e. The monoisotopic (exact) mass is 521 g/mol. The van der Waals surface area contributed by atoms with Gasteiger partial charge >= 0.3 is 0 Å². The minimum absolute atomic E-state index is 0. The molecule has 1 aromatic carbocycles. The van der Waals surface area contributed by atoms with Gasteiger partial charge in [0.15, 0.2) is 15.8 Å². The van der Waals surface area contributed by atoms with Crippen LogP contribution in [0.5, 0.6) is 0 Å². The molecule has 1 unspecified atom stereocenters. The fraction of sp³-hybridized carbons (Fsp3) is 0.421. The number of sulfone groups is 1. The van der Waals surface area contributed by atoms with E-state index in [0.717, 1.165) is 13.0 Å². The summed E-state index contributed by atoms with van der Waals surface area (Å²) in [5.74, 6) is 1.32. The first-order valence-electron chi connectivity index (χ1n) is 8.76. The van der Waals surface area contributed by atoms with Crippen LogP contribution >= 0.6 is 35.3 Å². The number of halogens is 1. The fourth-order valence-corrected chi connectivity index (χ4v) is 4.75. The van der Waals surface area contributed by atoms with Crippen LogP contribution in [0.15, 0.2) is 57.7 Å². The maximum absolute atomic E-state index is 12.2. The van der Waals surface area contributed by atoms with E-state index in [1.54, 1.807) is 42.6 Å². The van der Waals surface area contributed by atoms with Gasteiger partial charge in [0.2, 0.25) is 0 Å². The van der Waals surface area contributed by atoms with E-state index in [1.807, 2.05) is 6.07 Å². The van der Waals surface area contributed by atoms with Crippen LogP contribution in [-0.4, -0.2) is 40.3 Å². The molecule has 0 saturated heterocycles. The van der Waals surface area contributed by atoms with Gasteiger partial charge in [0.25, 0.3) is 0 Å². The molecule has 0 saturated carbocycles. The molecule has 2 rings (SSSR count). The first kappa shape index (κ1) is 23.9. The van der Waals surface area contributed by atoms with Crippen LogP contribution in [0, 0.1) is 5.92 Å². The number of guanidine groups is 1. The molecule has 1 heterocycles. The highest BCUT2D eigenvalue weighted by molar-refractivity contribution is 14.0. The number of hydrogen-bond donors (Lipinski definition) is 2. The van der Waals surface area contributed by atoms with Gasteiger partial charge in [-0.25, -0.2) is 8.42 Å². The smallest absolute Gasteiger partial charge is 0.190 e. The van der Waals surface area contributed by atoms with Crippen molar-refractivity contribution in [2.24, 2.45) is 10.9 Å². The van der Waals surface area contributed by atoms with Crippen molar-refractivity contribution in [1.82, 2.24) is 10.6 Å². The molecule has 1 aromatic heterocycles. The molecule has 2 N–H and O–H groups in total. The van der Waals surface area contributed by atoms with E-state index in [2.05, 4.69) is 40.1 Å². The van der Waals surface area contributed by atoms with Gasteiger partial charge in [0.05, 0.1) is 10.6 Å². The Balaban J connectivity index is 0.00000364. The van der Waals surface area contributed by atoms with E-state index >= 15 is 0 Å². The summed E-state index contributed by atoms with van der Waals surface area (Å²) in [5.41, 5.74) is 0. The summed E-state index contributed by atoms with van der Waals surface area (Å²) in [6, 6.07) is 12.8. The molecule has 0 bridgehead atoms. The molecule has 1 atom stereocenters. The molecule has 0 aliphatic carbocycles. The zero-order chi connectivity index (χ0) is 18.8. The lowest BCUT2D eigenvalue weighted by Crippen LogP contribution is -2.40. The van der Waals surface area contributed by atoms with Crippen molar-refractivity contribution in [2.75, 3.05) is 25.9 Å². The molecular weight excluding hydrogens is 493 g/mol. The Morgan fingerprint density at radius 2 is 1.89 bits per heavy atom. The van der Waals surface area contributed by atoms with E-state index in [4.69, 9.17) is 0 Å². The highest BCUT2D eigenvalue weighted by atomic mass is 127. The minimum Gasteiger partial charge on any atom is -0.356 e. The van der Waals surface area contributed by atoms with Crippen LogP contribution in [0.2, 0.25) is 0 Å². The van der Waals surface area contributed by atoms with Gasteiger partial charge < -0.3 is 10.6 Å². The topological polar surface area (TPSA) is 70.6 Å². The number of thiophene rings is 1. The average molecular weight is 521 g/mol. The number of aliphatic imine (C=N–C) groups is 1. The van der Waals surface area contributed by atoms with Crippen molar-refractivity contribution >= 4 is 51.1 Å². The Bertz CT molecular complexity index is 779. The van der Waals surface area contributed by atoms with E-state index < -0.39 is 9.84 Å². The first-order chi connectivity index (χ1) is 12.5. The van der Waals surface area contributed by atoms with Crippen molar-refractivity contribution in [3.8, 4) is 0 Å². The quantitative estimate of drug-likeness (QED) is 0.229. The second kappa shape index (κ2) is 12.4. The third-order valence-corrected chi connectivity index (χ3v) is 6.67. The highest BCUT2D eigenvalue weighted by Gasteiger charge is 2.13. The number of nitrogens with one attached hydrogen (secondary N) is 2. The van der Waals surface area contributed by atoms with Crippen LogP contribution in [0.25, 0.3) is 0 Å². The predicted molar refractivity (Wildman–Crippen MR) is 125 cm³/mol. The molecule has 0 amide bonds. The third kappa shape index (κ3) is 8.61. The lowest BCUT2D eigenvalue weighted by Gasteiger charge is -2.15. The molecule has 0 aliphatic heterocycles. The van der Waals surface area contributed by atoms with Gasteiger partial charge in [-0.3, -0.25) is 4.99 Å². The Labute approximate surface area is 183 Å². The molecule has 0 radical (unpaired) electrons. The third-order valence-electron chi connectivity index (χ3n) is 3.96. The van der Waals surface area contributed by atoms with Crippen LogP contribution in [0.4, 0.5) is 0 Å². The SMILES string of the molecule is CN=C(NCCCS(=O)(=O)c1ccccc1)NCC(C)Cc1cccs1.I. The Morgan fingerprint density at radius 1 is 1.15 bits per heavy atom. The van der Waals surface area contributed by atoms with E-state index in [1.165, 1.54) is 4.88 Å². The van der Waals surface area contributed by atoms with Crippen LogP contribution in [0.1, 0.15) is 18.2 Å². The summed E-state index contributed by atoms with van der Waals surface area (Å²) in [5, 5.41) is 8.59. The van der Waals surface area contributed by atoms with Crippen molar-refractivity contribution in [3.05, 3.63) is 52.7 Å². The second-order valence-corrected chi connectivity index (χ2v) is 9.40. The predicted octanol–water partition coefficient (Wildman–Crippen LogP) is 3.57. The van der Waals surface area contributed by atoms with Crippen molar-refractivity contribution in [2.45, 2.75) is 24.7 Å². The molecule has 5 nitrogen and oxygen atoms in total. The summed E-state index contributed by atoms with van der Waals surface area (Å²) >= 11 is 1.78. The van der Waals surface area contributed by atoms with Crippen LogP contribution in [-0.2, 0) is 16.3 Å². The average Bonchev–Trinajstić information content (AvgIpc) is 3.14. The van der Waals surface area contributed by atoms with Gasteiger partial charge in [0.1, 0.15) is 0 Å². The summed E-state index contributed by atoms with van der Waals surface area (Å²) in [4.78, 5) is 5.96. The number of nitrogens with zero attached hydrogens (tertiary/aromatic N) is 1. The molecule has 0 spiro atoms. The van der Waals surface area contributed by atoms with Crippen molar-refractivity contribution in [1.29, 1.82) is 0 Å². The van der Waals surface area contributed by atoms with Gasteiger partial charge in [-0.1, -0.05) is 31.2 Å². The van der Waals surface area contributed by atoms with Gasteiger partial charge in [-0.05, 0) is 42.3 Å². The lowest BCUT2D eigenvalue weighted by molar-refractivity contribution is 0.561. The standard InChI is InChI=1S/C19H27N3O2S2.HI/c1-16(14-17-8-6-12-25-17)15-22-19(20-2)21-11-7-13-26(23,24)18-9-4-3-5-10-18;/h3-6,8-10,12,16H,7,11,13-15H2,1-2H3,(H2,20,21,22);1H. The maximum atomic E-state index is 12.2. The van der Waals surface area contributed by atoms with Gasteiger partial charge in [-0.15, -0.1) is 35.3 Å². The van der Waals surface area contributed by atoms with Gasteiger partial charge in [0, 0.05) is 25.0 Å². The summed E-state index contributed by atoms with van der Waals surface area (Å²) < 4.78 is 24.5. The minimum atomic E-state index is -3.22. The Hall–Kier alpha value is -1.13. The highest BCUT2D eigenvalue weighted by Crippen LogP contribution is 2.13. The Morgan fingerprint density at radius 3 is 2.52 bits per heavy atom. The number of benzene rings is 1. The molecule has 2 aromatic rings. The molecule has 27 heavy (non-hydrogen) atoms. The first-order valence-corrected chi connectivity index (χ1v) is 11.3. The number of rotatable bonds is 9. The van der Waals surface area contributed by atoms with E-state index in [-0.39, 0.29) is 29.7 Å². The molecular formula is C19H28IN3O2S2.